The van der Waals surface area contributed by atoms with Crippen molar-refractivity contribution < 1.29 is 18.7 Å². The summed E-state index contributed by atoms with van der Waals surface area (Å²) in [5.41, 5.74) is 2.57. The van der Waals surface area contributed by atoms with Gasteiger partial charge in [-0.1, -0.05) is 30.3 Å². The Kier molecular flexibility index (Phi) is 4.93. The minimum Gasteiger partial charge on any atom is -0.487 e. The molecule has 1 saturated heterocycles. The van der Waals surface area contributed by atoms with Crippen molar-refractivity contribution in [2.45, 2.75) is 19.1 Å². The molecule has 7 heteroatoms. The molecule has 1 amide bonds. The van der Waals surface area contributed by atoms with Crippen molar-refractivity contribution in [1.29, 1.82) is 0 Å². The number of nitrogens with one attached hydrogen (secondary N) is 1. The Morgan fingerprint density at radius 1 is 1.07 bits per heavy atom. The van der Waals surface area contributed by atoms with E-state index in [0.29, 0.717) is 30.4 Å². The standard InChI is InChI=1S/C20H16N2O4S/c23-19-17(22-20(24)27-19)10-13-6-8-16(9-7-13)25-11-15-12-26-18(21-15)14-4-2-1-3-5-14/h1-9,12,17H,10-11H2,(H,22,24). The van der Waals surface area contributed by atoms with Crippen LogP contribution in [0.1, 0.15) is 11.3 Å². The van der Waals surface area contributed by atoms with E-state index in [0.717, 1.165) is 22.9 Å². The second-order valence-electron chi connectivity index (χ2n) is 6.05. The fraction of sp³-hybridized carbons (Fsp3) is 0.150. The molecular formula is C20H16N2O4S. The molecule has 6 nitrogen and oxygen atoms in total. The third-order valence-corrected chi connectivity index (χ3v) is 4.88. The molecule has 1 unspecified atom stereocenters. The first-order valence-electron chi connectivity index (χ1n) is 8.41. The van der Waals surface area contributed by atoms with Gasteiger partial charge in [-0.05, 0) is 29.8 Å². The summed E-state index contributed by atoms with van der Waals surface area (Å²) in [5.74, 6) is 1.25. The molecule has 1 aliphatic rings. The van der Waals surface area contributed by atoms with E-state index in [1.54, 1.807) is 6.26 Å². The SMILES string of the molecule is O=C1NC(Cc2ccc(OCc3coc(-c4ccccc4)n3)cc2)C(=O)S1. The molecule has 1 fully saturated rings. The van der Waals surface area contributed by atoms with Crippen LogP contribution in [-0.2, 0) is 17.8 Å². The van der Waals surface area contributed by atoms with E-state index in [1.165, 1.54) is 0 Å². The molecule has 27 heavy (non-hydrogen) atoms. The quantitative estimate of drug-likeness (QED) is 0.700. The summed E-state index contributed by atoms with van der Waals surface area (Å²) < 4.78 is 11.2. The number of nitrogens with zero attached hydrogens (tertiary/aromatic N) is 1. The number of carbonyl (C=O) groups is 2. The van der Waals surface area contributed by atoms with Gasteiger partial charge in [0.05, 0.1) is 0 Å². The largest absolute Gasteiger partial charge is 0.487 e. The average Bonchev–Trinajstić information content (AvgIpc) is 3.28. The highest BCUT2D eigenvalue weighted by atomic mass is 32.2. The first-order valence-corrected chi connectivity index (χ1v) is 9.23. The number of amides is 1. The van der Waals surface area contributed by atoms with Crippen LogP contribution in [0.15, 0.2) is 65.3 Å². The lowest BCUT2D eigenvalue weighted by atomic mass is 10.1. The van der Waals surface area contributed by atoms with Crippen molar-refractivity contribution >= 4 is 22.1 Å². The lowest BCUT2D eigenvalue weighted by Gasteiger charge is -2.09. The zero-order chi connectivity index (χ0) is 18.6. The topological polar surface area (TPSA) is 81.4 Å². The Morgan fingerprint density at radius 2 is 1.85 bits per heavy atom. The van der Waals surface area contributed by atoms with Gasteiger partial charge in [0.1, 0.15) is 30.4 Å². The summed E-state index contributed by atoms with van der Waals surface area (Å²) in [6.07, 6.45) is 2.06. The van der Waals surface area contributed by atoms with Gasteiger partial charge in [-0.25, -0.2) is 4.98 Å². The summed E-state index contributed by atoms with van der Waals surface area (Å²) in [7, 11) is 0. The van der Waals surface area contributed by atoms with Crippen molar-refractivity contribution in [2.24, 2.45) is 0 Å². The van der Waals surface area contributed by atoms with Gasteiger partial charge in [0.15, 0.2) is 0 Å². The summed E-state index contributed by atoms with van der Waals surface area (Å²) in [5, 5.41) is 2.23. The van der Waals surface area contributed by atoms with Crippen molar-refractivity contribution in [3.05, 3.63) is 72.1 Å². The van der Waals surface area contributed by atoms with E-state index in [1.807, 2.05) is 54.6 Å². The number of ether oxygens (including phenoxy) is 1. The smallest absolute Gasteiger partial charge is 0.287 e. The number of hydrogen-bond donors (Lipinski definition) is 1. The second kappa shape index (κ2) is 7.67. The Bertz CT molecular complexity index is 954. The third-order valence-electron chi connectivity index (χ3n) is 4.09. The fourth-order valence-electron chi connectivity index (χ4n) is 2.73. The number of rotatable bonds is 6. The zero-order valence-corrected chi connectivity index (χ0v) is 15.1. The lowest BCUT2D eigenvalue weighted by Crippen LogP contribution is -2.30. The van der Waals surface area contributed by atoms with Gasteiger partial charge >= 0.3 is 0 Å². The molecule has 4 rings (SSSR count). The fourth-order valence-corrected chi connectivity index (χ4v) is 3.40. The van der Waals surface area contributed by atoms with Gasteiger partial charge in [0.2, 0.25) is 11.0 Å². The predicted molar refractivity (Wildman–Crippen MR) is 101 cm³/mol. The van der Waals surface area contributed by atoms with Crippen molar-refractivity contribution in [2.75, 3.05) is 0 Å². The third kappa shape index (κ3) is 4.20. The van der Waals surface area contributed by atoms with Crippen LogP contribution in [0.2, 0.25) is 0 Å². The zero-order valence-electron chi connectivity index (χ0n) is 14.3. The predicted octanol–water partition coefficient (Wildman–Crippen LogP) is 3.81. The number of carbonyl (C=O) groups excluding carboxylic acids is 2. The van der Waals surface area contributed by atoms with Gasteiger partial charge < -0.3 is 14.5 Å². The molecule has 0 saturated carbocycles. The number of hydrogen-bond acceptors (Lipinski definition) is 6. The Labute approximate surface area is 159 Å². The molecular weight excluding hydrogens is 364 g/mol. The maximum Gasteiger partial charge on any atom is 0.287 e. The highest BCUT2D eigenvalue weighted by Gasteiger charge is 2.31. The average molecular weight is 380 g/mol. The summed E-state index contributed by atoms with van der Waals surface area (Å²) >= 11 is 0.728. The summed E-state index contributed by atoms with van der Waals surface area (Å²) in [6, 6.07) is 16.7. The van der Waals surface area contributed by atoms with E-state index >= 15 is 0 Å². The van der Waals surface area contributed by atoms with E-state index in [9.17, 15) is 9.59 Å². The Balaban J connectivity index is 1.33. The lowest BCUT2D eigenvalue weighted by molar-refractivity contribution is -0.112. The van der Waals surface area contributed by atoms with Gasteiger partial charge in [0.25, 0.3) is 5.24 Å². The molecule has 0 spiro atoms. The molecule has 1 aliphatic heterocycles. The van der Waals surface area contributed by atoms with Crippen molar-refractivity contribution in [1.82, 2.24) is 10.3 Å². The van der Waals surface area contributed by atoms with Gasteiger partial charge in [-0.15, -0.1) is 0 Å². The number of benzene rings is 2. The van der Waals surface area contributed by atoms with Crippen LogP contribution in [0.4, 0.5) is 4.79 Å². The summed E-state index contributed by atoms with van der Waals surface area (Å²) in [4.78, 5) is 27.3. The minimum atomic E-state index is -0.458. The van der Waals surface area contributed by atoms with Crippen LogP contribution in [0, 0.1) is 0 Å². The maximum absolute atomic E-state index is 11.7. The van der Waals surface area contributed by atoms with Gasteiger partial charge in [-0.3, -0.25) is 9.59 Å². The molecule has 1 N–H and O–H groups in total. The maximum atomic E-state index is 11.7. The Hall–Kier alpha value is -3.06. The number of oxazole rings is 1. The monoisotopic (exact) mass is 380 g/mol. The van der Waals surface area contributed by atoms with Crippen LogP contribution in [0.5, 0.6) is 5.75 Å². The van der Waals surface area contributed by atoms with Crippen LogP contribution in [0.25, 0.3) is 11.5 Å². The summed E-state index contributed by atoms with van der Waals surface area (Å²) in [6.45, 7) is 0.295. The van der Waals surface area contributed by atoms with E-state index in [2.05, 4.69) is 10.3 Å². The van der Waals surface area contributed by atoms with E-state index in [4.69, 9.17) is 9.15 Å². The van der Waals surface area contributed by atoms with Gasteiger partial charge in [0, 0.05) is 23.7 Å². The molecule has 3 aromatic rings. The van der Waals surface area contributed by atoms with Crippen molar-refractivity contribution in [3.63, 3.8) is 0 Å². The second-order valence-corrected chi connectivity index (χ2v) is 7.03. The normalized spacial score (nSPS) is 16.4. The molecule has 2 aromatic carbocycles. The molecule has 2 heterocycles. The Morgan fingerprint density at radius 3 is 2.56 bits per heavy atom. The van der Waals surface area contributed by atoms with Crippen LogP contribution in [0.3, 0.4) is 0 Å². The minimum absolute atomic E-state index is 0.138. The highest BCUT2D eigenvalue weighted by Crippen LogP contribution is 2.22. The molecule has 1 aromatic heterocycles. The molecule has 0 aliphatic carbocycles. The van der Waals surface area contributed by atoms with Crippen LogP contribution < -0.4 is 10.1 Å². The molecule has 136 valence electrons. The van der Waals surface area contributed by atoms with Crippen LogP contribution in [-0.4, -0.2) is 21.4 Å². The first-order chi connectivity index (χ1) is 13.2. The molecule has 0 bridgehead atoms. The molecule has 1 atom stereocenters. The number of thioether (sulfide) groups is 1. The van der Waals surface area contributed by atoms with Crippen LogP contribution >= 0.6 is 11.8 Å². The van der Waals surface area contributed by atoms with Crippen molar-refractivity contribution in [3.8, 4) is 17.2 Å². The number of aromatic nitrogens is 1. The first kappa shape index (κ1) is 17.4. The van der Waals surface area contributed by atoms with Gasteiger partial charge in [-0.2, -0.15) is 0 Å². The molecule has 0 radical (unpaired) electrons. The van der Waals surface area contributed by atoms with E-state index < -0.39 is 6.04 Å². The van der Waals surface area contributed by atoms with E-state index in [-0.39, 0.29) is 10.4 Å². The highest BCUT2D eigenvalue weighted by molar-refractivity contribution is 8.26.